The predicted molar refractivity (Wildman–Crippen MR) is 69.4 cm³/mol. The van der Waals surface area contributed by atoms with Gasteiger partial charge in [0.05, 0.1) is 0 Å². The minimum atomic E-state index is 0.834. The summed E-state index contributed by atoms with van der Waals surface area (Å²) in [5.41, 5.74) is 0. The van der Waals surface area contributed by atoms with Gasteiger partial charge < -0.3 is 5.32 Å². The van der Waals surface area contributed by atoms with E-state index in [4.69, 9.17) is 0 Å². The van der Waals surface area contributed by atoms with Crippen molar-refractivity contribution in [3.05, 3.63) is 17.0 Å². The van der Waals surface area contributed by atoms with Crippen LogP contribution < -0.4 is 5.32 Å². The maximum Gasteiger partial charge on any atom is 0.130 e. The number of hydrogen-bond donors (Lipinski definition) is 1. The number of nitrogens with one attached hydrogen (secondary N) is 1. The molecule has 3 nitrogen and oxygen atoms in total. The van der Waals surface area contributed by atoms with Crippen molar-refractivity contribution in [1.82, 2.24) is 9.97 Å². The number of anilines is 1. The number of aromatic nitrogens is 2. The fourth-order valence-electron chi connectivity index (χ4n) is 2.34. The second kappa shape index (κ2) is 6.18. The first-order valence-electron chi connectivity index (χ1n) is 6.06. The van der Waals surface area contributed by atoms with Gasteiger partial charge in [0.15, 0.2) is 0 Å². The smallest absolute Gasteiger partial charge is 0.130 e. The van der Waals surface area contributed by atoms with Gasteiger partial charge in [-0.05, 0) is 34.7 Å². The molecule has 0 amide bonds. The maximum absolute atomic E-state index is 4.16. The molecule has 0 aliphatic heterocycles. The van der Waals surface area contributed by atoms with Crippen LogP contribution in [0.4, 0.5) is 5.82 Å². The minimum absolute atomic E-state index is 0.834. The lowest BCUT2D eigenvalue weighted by molar-refractivity contribution is 0.491. The molecule has 0 spiro atoms. The molecular weight excluding hydrogens is 266 g/mol. The van der Waals surface area contributed by atoms with Gasteiger partial charge in [0, 0.05) is 12.6 Å². The Morgan fingerprint density at radius 2 is 2.12 bits per heavy atom. The van der Waals surface area contributed by atoms with Crippen LogP contribution >= 0.6 is 15.9 Å². The summed E-state index contributed by atoms with van der Waals surface area (Å²) in [5.74, 6) is 1.90. The quantitative estimate of drug-likeness (QED) is 0.663. The average molecular weight is 284 g/mol. The lowest BCUT2D eigenvalue weighted by Gasteiger charge is -2.09. The first-order valence-corrected chi connectivity index (χ1v) is 6.85. The molecular formula is C12H18BrN3. The Hall–Kier alpha value is -0.640. The SMILES string of the molecule is Brc1cc(NCCCC2CCCC2)ncn1. The van der Waals surface area contributed by atoms with E-state index in [1.807, 2.05) is 6.07 Å². The Morgan fingerprint density at radius 3 is 2.88 bits per heavy atom. The summed E-state index contributed by atoms with van der Waals surface area (Å²) in [6.45, 7) is 1.01. The summed E-state index contributed by atoms with van der Waals surface area (Å²) in [4.78, 5) is 8.15. The molecule has 1 fully saturated rings. The Morgan fingerprint density at radius 1 is 1.31 bits per heavy atom. The summed E-state index contributed by atoms with van der Waals surface area (Å²) in [6, 6.07) is 1.91. The fraction of sp³-hybridized carbons (Fsp3) is 0.667. The number of rotatable bonds is 5. The highest BCUT2D eigenvalue weighted by molar-refractivity contribution is 9.10. The topological polar surface area (TPSA) is 37.8 Å². The van der Waals surface area contributed by atoms with E-state index in [1.54, 1.807) is 6.33 Å². The van der Waals surface area contributed by atoms with Crippen LogP contribution in [-0.4, -0.2) is 16.5 Å². The van der Waals surface area contributed by atoms with E-state index in [1.165, 1.54) is 38.5 Å². The van der Waals surface area contributed by atoms with Crippen molar-refractivity contribution >= 4 is 21.7 Å². The molecule has 0 radical (unpaired) electrons. The van der Waals surface area contributed by atoms with E-state index in [-0.39, 0.29) is 0 Å². The van der Waals surface area contributed by atoms with Gasteiger partial charge >= 0.3 is 0 Å². The van der Waals surface area contributed by atoms with Gasteiger partial charge in [-0.15, -0.1) is 0 Å². The standard InChI is InChI=1S/C12H18BrN3/c13-11-8-12(16-9-15-11)14-7-3-6-10-4-1-2-5-10/h8-10H,1-7H2,(H,14,15,16). The van der Waals surface area contributed by atoms with Crippen LogP contribution in [0.2, 0.25) is 0 Å². The second-order valence-corrected chi connectivity index (χ2v) is 5.26. The van der Waals surface area contributed by atoms with Crippen LogP contribution in [-0.2, 0) is 0 Å². The molecule has 0 aromatic carbocycles. The van der Waals surface area contributed by atoms with Crippen molar-refractivity contribution in [2.75, 3.05) is 11.9 Å². The molecule has 2 rings (SSSR count). The number of hydrogen-bond acceptors (Lipinski definition) is 3. The molecule has 16 heavy (non-hydrogen) atoms. The van der Waals surface area contributed by atoms with Crippen molar-refractivity contribution in [2.24, 2.45) is 5.92 Å². The third kappa shape index (κ3) is 3.74. The molecule has 1 N–H and O–H groups in total. The molecule has 0 bridgehead atoms. The van der Waals surface area contributed by atoms with Crippen molar-refractivity contribution < 1.29 is 0 Å². The summed E-state index contributed by atoms with van der Waals surface area (Å²) in [5, 5.41) is 3.33. The Balaban J connectivity index is 1.64. The van der Waals surface area contributed by atoms with E-state index < -0.39 is 0 Å². The average Bonchev–Trinajstić information content (AvgIpc) is 2.77. The van der Waals surface area contributed by atoms with Crippen LogP contribution in [0.15, 0.2) is 17.0 Å². The highest BCUT2D eigenvalue weighted by atomic mass is 79.9. The molecule has 0 saturated heterocycles. The second-order valence-electron chi connectivity index (χ2n) is 4.45. The summed E-state index contributed by atoms with van der Waals surface area (Å²) >= 11 is 3.33. The molecule has 4 heteroatoms. The molecule has 0 atom stereocenters. The van der Waals surface area contributed by atoms with Crippen LogP contribution in [0.3, 0.4) is 0 Å². The molecule has 1 aromatic heterocycles. The minimum Gasteiger partial charge on any atom is -0.370 e. The third-order valence-corrected chi connectivity index (χ3v) is 3.64. The van der Waals surface area contributed by atoms with Crippen molar-refractivity contribution in [2.45, 2.75) is 38.5 Å². The molecule has 1 heterocycles. The molecule has 0 unspecified atom stereocenters. The molecule has 1 aromatic rings. The van der Waals surface area contributed by atoms with Crippen LogP contribution in [0.1, 0.15) is 38.5 Å². The van der Waals surface area contributed by atoms with Crippen molar-refractivity contribution in [3.63, 3.8) is 0 Å². The first-order chi connectivity index (χ1) is 7.84. The van der Waals surface area contributed by atoms with Crippen molar-refractivity contribution in [3.8, 4) is 0 Å². The zero-order chi connectivity index (χ0) is 11.2. The molecule has 1 aliphatic carbocycles. The van der Waals surface area contributed by atoms with Gasteiger partial charge in [0.25, 0.3) is 0 Å². The molecule has 88 valence electrons. The molecule has 1 aliphatic rings. The van der Waals surface area contributed by atoms with Gasteiger partial charge in [-0.3, -0.25) is 0 Å². The number of halogens is 1. The number of nitrogens with zero attached hydrogens (tertiary/aromatic N) is 2. The van der Waals surface area contributed by atoms with Gasteiger partial charge in [-0.2, -0.15) is 0 Å². The largest absolute Gasteiger partial charge is 0.370 e. The zero-order valence-corrected chi connectivity index (χ0v) is 11.0. The van der Waals surface area contributed by atoms with E-state index in [0.717, 1.165) is 22.9 Å². The van der Waals surface area contributed by atoms with Gasteiger partial charge in [0.1, 0.15) is 16.7 Å². The monoisotopic (exact) mass is 283 g/mol. The third-order valence-electron chi connectivity index (χ3n) is 3.20. The summed E-state index contributed by atoms with van der Waals surface area (Å²) in [7, 11) is 0. The highest BCUT2D eigenvalue weighted by Crippen LogP contribution is 2.28. The van der Waals surface area contributed by atoms with E-state index >= 15 is 0 Å². The Labute approximate surface area is 105 Å². The summed E-state index contributed by atoms with van der Waals surface area (Å²) < 4.78 is 0.834. The van der Waals surface area contributed by atoms with E-state index in [9.17, 15) is 0 Å². The van der Waals surface area contributed by atoms with Crippen LogP contribution in [0, 0.1) is 5.92 Å². The first kappa shape index (κ1) is 11.8. The zero-order valence-electron chi connectivity index (χ0n) is 9.45. The predicted octanol–water partition coefficient (Wildman–Crippen LogP) is 3.62. The van der Waals surface area contributed by atoms with Gasteiger partial charge in [-0.1, -0.05) is 25.7 Å². The van der Waals surface area contributed by atoms with Gasteiger partial charge in [-0.25, -0.2) is 9.97 Å². The van der Waals surface area contributed by atoms with Crippen LogP contribution in [0.25, 0.3) is 0 Å². The fourth-order valence-corrected chi connectivity index (χ4v) is 2.64. The van der Waals surface area contributed by atoms with Gasteiger partial charge in [0.2, 0.25) is 0 Å². The normalized spacial score (nSPS) is 16.6. The van der Waals surface area contributed by atoms with E-state index in [0.29, 0.717) is 0 Å². The lowest BCUT2D eigenvalue weighted by Crippen LogP contribution is -2.05. The van der Waals surface area contributed by atoms with Crippen LogP contribution in [0.5, 0.6) is 0 Å². The Kier molecular flexibility index (Phi) is 4.57. The summed E-state index contributed by atoms with van der Waals surface area (Å²) in [6.07, 6.45) is 9.95. The van der Waals surface area contributed by atoms with Crippen molar-refractivity contribution in [1.29, 1.82) is 0 Å². The lowest BCUT2D eigenvalue weighted by atomic mass is 10.0. The Bertz CT molecular complexity index is 324. The molecule has 1 saturated carbocycles. The highest BCUT2D eigenvalue weighted by Gasteiger charge is 2.13. The maximum atomic E-state index is 4.16. The van der Waals surface area contributed by atoms with E-state index in [2.05, 4.69) is 31.2 Å².